The lowest BCUT2D eigenvalue weighted by molar-refractivity contribution is -0.387. The van der Waals surface area contributed by atoms with E-state index in [1.54, 1.807) is 0 Å². The zero-order valence-electron chi connectivity index (χ0n) is 21.4. The topological polar surface area (TPSA) is 97.6 Å². The minimum atomic E-state index is -4.18. The van der Waals surface area contributed by atoms with Crippen molar-refractivity contribution in [1.29, 1.82) is 0 Å². The number of nitro groups is 1. The Hall–Kier alpha value is -2.58. The fourth-order valence-corrected chi connectivity index (χ4v) is 8.53. The highest BCUT2D eigenvalue weighted by Gasteiger charge is 2.54. The molecule has 194 valence electrons. The molecule has 0 radical (unpaired) electrons. The molecule has 0 heterocycles. The molecule has 7 nitrogen and oxygen atoms in total. The van der Waals surface area contributed by atoms with Gasteiger partial charge in [-0.25, -0.2) is 8.42 Å². The third-order valence-corrected chi connectivity index (χ3v) is 10.6. The Balaban J connectivity index is 1.67. The van der Waals surface area contributed by atoms with Gasteiger partial charge in [0, 0.05) is 31.5 Å². The Bertz CT molecular complexity index is 1230. The summed E-state index contributed by atoms with van der Waals surface area (Å²) in [6, 6.07) is 14.7. The molecule has 0 bridgehead atoms. The van der Waals surface area contributed by atoms with E-state index in [1.807, 2.05) is 30.3 Å². The van der Waals surface area contributed by atoms with E-state index in [0.717, 1.165) is 31.2 Å². The van der Waals surface area contributed by atoms with Gasteiger partial charge in [0.15, 0.2) is 4.90 Å². The van der Waals surface area contributed by atoms with Gasteiger partial charge in [0.25, 0.3) is 5.69 Å². The molecule has 2 aromatic rings. The summed E-state index contributed by atoms with van der Waals surface area (Å²) in [4.78, 5) is 23.9. The van der Waals surface area contributed by atoms with Gasteiger partial charge in [0.2, 0.25) is 10.0 Å². The Labute approximate surface area is 214 Å². The lowest BCUT2D eigenvalue weighted by Crippen LogP contribution is -2.52. The molecule has 4 rings (SSSR count). The van der Waals surface area contributed by atoms with E-state index < -0.39 is 20.6 Å². The number of nitro benzene ring substituents is 1. The first-order chi connectivity index (χ1) is 17.0. The SMILES string of the molecule is CC1(C)CCC[C@]2(C)[C@H](CCN(Cc3ccccc3)S(=O)(=O)c3ccccc3[N+](=O)[O-])C(=O)CC[C@@H]12. The fourth-order valence-electron chi connectivity index (χ4n) is 6.93. The number of carbonyl (C=O) groups is 1. The number of para-hydroxylation sites is 1. The molecule has 2 aromatic carbocycles. The van der Waals surface area contributed by atoms with Crippen LogP contribution in [0.1, 0.15) is 64.9 Å². The molecular weight excluding hydrogens is 476 g/mol. The van der Waals surface area contributed by atoms with Crippen LogP contribution in [0.15, 0.2) is 59.5 Å². The van der Waals surface area contributed by atoms with Gasteiger partial charge < -0.3 is 0 Å². The number of carbonyl (C=O) groups excluding carboxylic acids is 1. The smallest absolute Gasteiger partial charge is 0.289 e. The molecule has 2 aliphatic rings. The maximum Gasteiger partial charge on any atom is 0.289 e. The molecule has 0 N–H and O–H groups in total. The van der Waals surface area contributed by atoms with E-state index in [9.17, 15) is 23.3 Å². The van der Waals surface area contributed by atoms with Crippen LogP contribution in [0.5, 0.6) is 0 Å². The predicted molar refractivity (Wildman–Crippen MR) is 139 cm³/mol. The zero-order valence-corrected chi connectivity index (χ0v) is 22.2. The van der Waals surface area contributed by atoms with Crippen molar-refractivity contribution in [2.75, 3.05) is 6.54 Å². The average Bonchev–Trinajstić information content (AvgIpc) is 2.82. The quantitative estimate of drug-likeness (QED) is 0.320. The molecule has 0 amide bonds. The number of hydrogen-bond acceptors (Lipinski definition) is 5. The van der Waals surface area contributed by atoms with Gasteiger partial charge in [-0.3, -0.25) is 14.9 Å². The van der Waals surface area contributed by atoms with Crippen LogP contribution < -0.4 is 0 Å². The summed E-state index contributed by atoms with van der Waals surface area (Å²) < 4.78 is 29.0. The Morgan fingerprint density at radius 1 is 1.03 bits per heavy atom. The van der Waals surface area contributed by atoms with Gasteiger partial charge in [0.1, 0.15) is 5.78 Å². The van der Waals surface area contributed by atoms with Gasteiger partial charge in [-0.15, -0.1) is 0 Å². The monoisotopic (exact) mass is 512 g/mol. The molecule has 0 aromatic heterocycles. The molecule has 3 atom stereocenters. The molecule has 0 aliphatic heterocycles. The first-order valence-electron chi connectivity index (χ1n) is 12.8. The first-order valence-corrected chi connectivity index (χ1v) is 14.2. The first kappa shape index (κ1) is 26.5. The summed E-state index contributed by atoms with van der Waals surface area (Å²) in [5, 5.41) is 11.6. The number of ketones is 1. The molecule has 2 aliphatic carbocycles. The minimum Gasteiger partial charge on any atom is -0.299 e. The summed E-state index contributed by atoms with van der Waals surface area (Å²) in [7, 11) is -4.18. The van der Waals surface area contributed by atoms with Crippen molar-refractivity contribution in [3.05, 3.63) is 70.3 Å². The molecule has 36 heavy (non-hydrogen) atoms. The fraction of sp³-hybridized carbons (Fsp3) is 0.536. The molecule has 2 fully saturated rings. The summed E-state index contributed by atoms with van der Waals surface area (Å²) in [6.07, 6.45) is 5.00. The van der Waals surface area contributed by atoms with Crippen molar-refractivity contribution < 1.29 is 18.1 Å². The second-order valence-corrected chi connectivity index (χ2v) is 13.2. The van der Waals surface area contributed by atoms with Crippen LogP contribution in [0.25, 0.3) is 0 Å². The van der Waals surface area contributed by atoms with Gasteiger partial charge >= 0.3 is 0 Å². The van der Waals surface area contributed by atoms with Gasteiger partial charge in [-0.2, -0.15) is 4.31 Å². The van der Waals surface area contributed by atoms with Crippen molar-refractivity contribution in [1.82, 2.24) is 4.31 Å². The Morgan fingerprint density at radius 3 is 2.39 bits per heavy atom. The van der Waals surface area contributed by atoms with E-state index >= 15 is 0 Å². The molecular formula is C28H36N2O5S. The van der Waals surface area contributed by atoms with E-state index in [4.69, 9.17) is 0 Å². The van der Waals surface area contributed by atoms with E-state index in [0.29, 0.717) is 18.8 Å². The predicted octanol–water partition coefficient (Wildman–Crippen LogP) is 5.99. The number of benzene rings is 2. The summed E-state index contributed by atoms with van der Waals surface area (Å²) in [5.74, 6) is 0.403. The number of rotatable bonds is 8. The summed E-state index contributed by atoms with van der Waals surface area (Å²) in [5.41, 5.74) is 0.326. The zero-order chi connectivity index (χ0) is 26.1. The van der Waals surface area contributed by atoms with E-state index in [-0.39, 0.29) is 40.5 Å². The van der Waals surface area contributed by atoms with Crippen molar-refractivity contribution in [2.45, 2.75) is 70.7 Å². The summed E-state index contributed by atoms with van der Waals surface area (Å²) in [6.45, 7) is 7.02. The summed E-state index contributed by atoms with van der Waals surface area (Å²) >= 11 is 0. The maximum atomic E-state index is 13.8. The Morgan fingerprint density at radius 2 is 1.69 bits per heavy atom. The van der Waals surface area contributed by atoms with Gasteiger partial charge in [0.05, 0.1) is 4.92 Å². The molecule has 0 unspecified atom stereocenters. The van der Waals surface area contributed by atoms with Crippen LogP contribution in [0.4, 0.5) is 5.69 Å². The van der Waals surface area contributed by atoms with Crippen LogP contribution in [0, 0.1) is 32.8 Å². The highest BCUT2D eigenvalue weighted by molar-refractivity contribution is 7.89. The van der Waals surface area contributed by atoms with Crippen LogP contribution >= 0.6 is 0 Å². The standard InChI is InChI=1S/C28H36N2O5S/c1-27(2)17-9-18-28(3)22(24(31)14-15-26(27)28)16-19-29(20-21-10-5-4-6-11-21)36(34,35)25-13-8-7-12-23(25)30(32)33/h4-8,10-13,22,26H,9,14-20H2,1-3H3/t22-,26+,28-/m1/s1. The lowest BCUT2D eigenvalue weighted by Gasteiger charge is -2.56. The van der Waals surface area contributed by atoms with E-state index in [1.165, 1.54) is 28.6 Å². The van der Waals surface area contributed by atoms with Crippen LogP contribution in [-0.4, -0.2) is 30.0 Å². The van der Waals surface area contributed by atoms with Gasteiger partial charge in [-0.1, -0.05) is 69.7 Å². The lowest BCUT2D eigenvalue weighted by atomic mass is 9.48. The van der Waals surface area contributed by atoms with Crippen molar-refractivity contribution in [2.24, 2.45) is 22.7 Å². The van der Waals surface area contributed by atoms with Crippen LogP contribution in [0.2, 0.25) is 0 Å². The number of hydrogen-bond donors (Lipinski definition) is 0. The third-order valence-electron chi connectivity index (χ3n) is 8.69. The van der Waals surface area contributed by atoms with Crippen molar-refractivity contribution in [3.63, 3.8) is 0 Å². The number of sulfonamides is 1. The highest BCUT2D eigenvalue weighted by atomic mass is 32.2. The number of Topliss-reactive ketones (excluding diaryl/α,β-unsaturated/α-hetero) is 1. The van der Waals surface area contributed by atoms with Gasteiger partial charge in [-0.05, 0) is 54.1 Å². The number of fused-ring (bicyclic) bond motifs is 1. The third kappa shape index (κ3) is 4.98. The van der Waals surface area contributed by atoms with Crippen molar-refractivity contribution in [3.8, 4) is 0 Å². The second kappa shape index (κ2) is 10.1. The molecule has 8 heteroatoms. The average molecular weight is 513 g/mol. The molecule has 0 spiro atoms. The highest BCUT2D eigenvalue weighted by Crippen LogP contribution is 2.59. The molecule has 0 saturated heterocycles. The van der Waals surface area contributed by atoms with Crippen LogP contribution in [0.3, 0.4) is 0 Å². The Kier molecular flexibility index (Phi) is 7.40. The van der Waals surface area contributed by atoms with E-state index in [2.05, 4.69) is 20.8 Å². The normalized spacial score (nSPS) is 25.9. The van der Waals surface area contributed by atoms with Crippen molar-refractivity contribution >= 4 is 21.5 Å². The largest absolute Gasteiger partial charge is 0.299 e. The molecule has 2 saturated carbocycles. The minimum absolute atomic E-state index is 0.0851. The van der Waals surface area contributed by atoms with Crippen LogP contribution in [-0.2, 0) is 21.4 Å². The number of nitrogens with zero attached hydrogens (tertiary/aromatic N) is 2. The maximum absolute atomic E-state index is 13.8. The second-order valence-electron chi connectivity index (χ2n) is 11.3.